The number of aromatic amines is 1. The van der Waals surface area contributed by atoms with Gasteiger partial charge in [-0.2, -0.15) is 10.1 Å². The van der Waals surface area contributed by atoms with E-state index in [1.807, 2.05) is 48.5 Å². The molecule has 146 valence electrons. The van der Waals surface area contributed by atoms with Gasteiger partial charge in [-0.15, -0.1) is 0 Å². The van der Waals surface area contributed by atoms with Gasteiger partial charge in [-0.3, -0.25) is 18.9 Å². The molecule has 2 aromatic heterocycles. The predicted octanol–water partition coefficient (Wildman–Crippen LogP) is 2.57. The van der Waals surface area contributed by atoms with Crippen molar-refractivity contribution in [2.75, 3.05) is 5.43 Å². The minimum atomic E-state index is -0.538. The van der Waals surface area contributed by atoms with Crippen LogP contribution in [0.2, 0.25) is 5.02 Å². The van der Waals surface area contributed by atoms with Crippen LogP contribution in [0.4, 0.5) is 5.95 Å². The third kappa shape index (κ3) is 3.70. The Morgan fingerprint density at radius 3 is 2.62 bits per heavy atom. The van der Waals surface area contributed by atoms with Crippen LogP contribution in [0.5, 0.6) is 0 Å². The van der Waals surface area contributed by atoms with Crippen molar-refractivity contribution in [3.8, 4) is 0 Å². The van der Waals surface area contributed by atoms with E-state index >= 15 is 0 Å². The van der Waals surface area contributed by atoms with Gasteiger partial charge in [0, 0.05) is 12.1 Å². The van der Waals surface area contributed by atoms with Crippen molar-refractivity contribution in [1.82, 2.24) is 19.1 Å². The fraction of sp³-hybridized carbons (Fsp3) is 0.100. The maximum atomic E-state index is 12.5. The second kappa shape index (κ2) is 7.76. The Bertz CT molecular complexity index is 1320. The van der Waals surface area contributed by atoms with E-state index in [-0.39, 0.29) is 17.7 Å². The normalized spacial score (nSPS) is 11.4. The van der Waals surface area contributed by atoms with Crippen molar-refractivity contribution in [3.63, 3.8) is 0 Å². The van der Waals surface area contributed by atoms with Crippen molar-refractivity contribution in [1.29, 1.82) is 0 Å². The van der Waals surface area contributed by atoms with E-state index in [1.165, 1.54) is 4.57 Å². The van der Waals surface area contributed by atoms with Crippen LogP contribution in [-0.2, 0) is 13.6 Å². The second-order valence-electron chi connectivity index (χ2n) is 6.38. The molecule has 8 nitrogen and oxygen atoms in total. The van der Waals surface area contributed by atoms with Crippen LogP contribution in [-0.4, -0.2) is 25.3 Å². The molecule has 2 N–H and O–H groups in total. The second-order valence-corrected chi connectivity index (χ2v) is 6.79. The van der Waals surface area contributed by atoms with E-state index in [0.29, 0.717) is 11.0 Å². The zero-order valence-electron chi connectivity index (χ0n) is 15.5. The Balaban J connectivity index is 1.82. The molecule has 2 heterocycles. The number of nitrogens with one attached hydrogen (secondary N) is 2. The van der Waals surface area contributed by atoms with E-state index in [1.54, 1.807) is 23.9 Å². The third-order valence-corrected chi connectivity index (χ3v) is 4.84. The van der Waals surface area contributed by atoms with Gasteiger partial charge in [0.2, 0.25) is 5.95 Å². The molecule has 9 heteroatoms. The number of anilines is 1. The number of benzene rings is 2. The van der Waals surface area contributed by atoms with Gasteiger partial charge in [0.25, 0.3) is 5.56 Å². The Kier molecular flexibility index (Phi) is 5.01. The van der Waals surface area contributed by atoms with Crippen molar-refractivity contribution in [3.05, 3.63) is 91.6 Å². The summed E-state index contributed by atoms with van der Waals surface area (Å²) < 4.78 is 2.93. The first-order valence-corrected chi connectivity index (χ1v) is 9.19. The van der Waals surface area contributed by atoms with E-state index in [2.05, 4.69) is 20.5 Å². The van der Waals surface area contributed by atoms with Crippen molar-refractivity contribution in [2.24, 2.45) is 12.1 Å². The minimum Gasteiger partial charge on any atom is -0.298 e. The molecular formula is C20H17ClN6O2. The number of hydrogen-bond donors (Lipinski definition) is 2. The van der Waals surface area contributed by atoms with Crippen LogP contribution in [0.25, 0.3) is 11.2 Å². The van der Waals surface area contributed by atoms with E-state index in [4.69, 9.17) is 11.6 Å². The van der Waals surface area contributed by atoms with Gasteiger partial charge in [0.05, 0.1) is 12.8 Å². The highest BCUT2D eigenvalue weighted by molar-refractivity contribution is 6.31. The summed E-state index contributed by atoms with van der Waals surface area (Å²) in [5, 5.41) is 4.79. The molecule has 0 bridgehead atoms. The lowest BCUT2D eigenvalue weighted by Gasteiger charge is -2.09. The smallest absolute Gasteiger partial charge is 0.298 e. The van der Waals surface area contributed by atoms with Crippen LogP contribution in [0.3, 0.4) is 0 Å². The lowest BCUT2D eigenvalue weighted by molar-refractivity contribution is 0.808. The van der Waals surface area contributed by atoms with Crippen molar-refractivity contribution < 1.29 is 0 Å². The average Bonchev–Trinajstić information content (AvgIpc) is 3.08. The first-order valence-electron chi connectivity index (χ1n) is 8.81. The summed E-state index contributed by atoms with van der Waals surface area (Å²) in [6.07, 6.45) is 1.64. The summed E-state index contributed by atoms with van der Waals surface area (Å²) in [7, 11) is 1.55. The summed E-state index contributed by atoms with van der Waals surface area (Å²) in [6.45, 7) is 0.278. The van der Waals surface area contributed by atoms with Gasteiger partial charge in [-0.25, -0.2) is 10.2 Å². The van der Waals surface area contributed by atoms with Gasteiger partial charge in [0.1, 0.15) is 0 Å². The van der Waals surface area contributed by atoms with Crippen LogP contribution in [0.1, 0.15) is 11.1 Å². The molecular weight excluding hydrogens is 392 g/mol. The van der Waals surface area contributed by atoms with Gasteiger partial charge < -0.3 is 0 Å². The maximum Gasteiger partial charge on any atom is 0.329 e. The van der Waals surface area contributed by atoms with Gasteiger partial charge in [-0.1, -0.05) is 60.1 Å². The Morgan fingerprint density at radius 1 is 1.14 bits per heavy atom. The average molecular weight is 409 g/mol. The summed E-state index contributed by atoms with van der Waals surface area (Å²) >= 11 is 6.30. The summed E-state index contributed by atoms with van der Waals surface area (Å²) in [6, 6.07) is 16.9. The molecule has 4 rings (SSSR count). The molecule has 2 aromatic carbocycles. The van der Waals surface area contributed by atoms with Gasteiger partial charge in [0.15, 0.2) is 11.2 Å². The number of rotatable bonds is 5. The molecule has 0 unspecified atom stereocenters. The molecule has 0 spiro atoms. The molecule has 0 aliphatic rings. The molecule has 0 aliphatic heterocycles. The standard InChI is InChI=1S/C20H17ClN6O2/c1-26-17-16(18(28)24-20(26)29)27(12-14-9-5-6-10-15(14)21)19(23-17)25-22-11-13-7-3-2-4-8-13/h2-11H,12H2,1H3,(H,23,25)(H,24,28,29)/b22-11-. The Hall–Kier alpha value is -3.65. The van der Waals surface area contributed by atoms with Crippen molar-refractivity contribution >= 4 is 34.9 Å². The largest absolute Gasteiger partial charge is 0.329 e. The maximum absolute atomic E-state index is 12.5. The van der Waals surface area contributed by atoms with Crippen LogP contribution in [0, 0.1) is 0 Å². The first-order chi connectivity index (χ1) is 14.0. The number of hydrazone groups is 1. The van der Waals surface area contributed by atoms with Gasteiger partial charge >= 0.3 is 5.69 Å². The molecule has 4 aromatic rings. The number of imidazole rings is 1. The number of aromatic nitrogens is 4. The fourth-order valence-electron chi connectivity index (χ4n) is 2.97. The lowest BCUT2D eigenvalue weighted by Crippen LogP contribution is -2.29. The molecule has 0 fully saturated rings. The molecule has 0 saturated carbocycles. The minimum absolute atomic E-state index is 0.253. The van der Waals surface area contributed by atoms with E-state index in [0.717, 1.165) is 11.1 Å². The molecule has 0 aliphatic carbocycles. The topological polar surface area (TPSA) is 97.1 Å². The highest BCUT2D eigenvalue weighted by Crippen LogP contribution is 2.21. The monoisotopic (exact) mass is 408 g/mol. The summed E-state index contributed by atoms with van der Waals surface area (Å²) in [5.41, 5.74) is 4.02. The zero-order valence-corrected chi connectivity index (χ0v) is 16.2. The molecule has 0 atom stereocenters. The molecule has 0 amide bonds. The number of nitrogens with zero attached hydrogens (tertiary/aromatic N) is 4. The summed E-state index contributed by atoms with van der Waals surface area (Å²) in [5.74, 6) is 0.318. The predicted molar refractivity (Wildman–Crippen MR) is 114 cm³/mol. The Morgan fingerprint density at radius 2 is 1.86 bits per heavy atom. The SMILES string of the molecule is Cn1c(=O)[nH]c(=O)c2c1nc(N/N=C\c1ccccc1)n2Cc1ccccc1Cl. The van der Waals surface area contributed by atoms with E-state index in [9.17, 15) is 9.59 Å². The van der Waals surface area contributed by atoms with Gasteiger partial charge in [-0.05, 0) is 17.2 Å². The van der Waals surface area contributed by atoms with E-state index < -0.39 is 11.2 Å². The highest BCUT2D eigenvalue weighted by Gasteiger charge is 2.18. The third-order valence-electron chi connectivity index (χ3n) is 4.47. The number of H-pyrrole nitrogens is 1. The van der Waals surface area contributed by atoms with Crippen molar-refractivity contribution in [2.45, 2.75) is 6.54 Å². The number of hydrogen-bond acceptors (Lipinski definition) is 5. The highest BCUT2D eigenvalue weighted by atomic mass is 35.5. The lowest BCUT2D eigenvalue weighted by atomic mass is 10.2. The zero-order chi connectivity index (χ0) is 20.4. The number of aryl methyl sites for hydroxylation is 1. The quantitative estimate of drug-likeness (QED) is 0.392. The van der Waals surface area contributed by atoms with Crippen LogP contribution < -0.4 is 16.7 Å². The number of halogens is 1. The van der Waals surface area contributed by atoms with Crippen LogP contribution >= 0.6 is 11.6 Å². The molecule has 0 saturated heterocycles. The summed E-state index contributed by atoms with van der Waals surface area (Å²) in [4.78, 5) is 31.2. The first kappa shape index (κ1) is 18.7. The Labute approximate surface area is 170 Å². The fourth-order valence-corrected chi connectivity index (χ4v) is 3.17. The molecule has 0 radical (unpaired) electrons. The number of fused-ring (bicyclic) bond motifs is 1. The van der Waals surface area contributed by atoms with Crippen LogP contribution in [0.15, 0.2) is 69.3 Å². The molecule has 29 heavy (non-hydrogen) atoms.